The zero-order valence-electron chi connectivity index (χ0n) is 11.4. The third kappa shape index (κ3) is 2.32. The highest BCUT2D eigenvalue weighted by atomic mass is 16.3. The van der Waals surface area contributed by atoms with E-state index in [1.807, 2.05) is 42.5 Å². The van der Waals surface area contributed by atoms with E-state index in [-0.39, 0.29) is 11.5 Å². The van der Waals surface area contributed by atoms with Gasteiger partial charge < -0.3 is 5.11 Å². The second-order valence-corrected chi connectivity index (χ2v) is 4.83. The lowest BCUT2D eigenvalue weighted by molar-refractivity contribution is 0.104. The molecule has 0 radical (unpaired) electrons. The van der Waals surface area contributed by atoms with Crippen LogP contribution >= 0.6 is 0 Å². The van der Waals surface area contributed by atoms with Crippen molar-refractivity contribution >= 4 is 16.6 Å². The third-order valence-electron chi connectivity index (χ3n) is 3.53. The van der Waals surface area contributed by atoms with Gasteiger partial charge in [-0.3, -0.25) is 4.79 Å². The molecule has 0 amide bonds. The number of hydrogen-bond acceptors (Lipinski definition) is 2. The van der Waals surface area contributed by atoms with E-state index in [1.54, 1.807) is 18.2 Å². The van der Waals surface area contributed by atoms with E-state index in [1.165, 1.54) is 6.08 Å². The van der Waals surface area contributed by atoms with Crippen molar-refractivity contribution in [2.24, 2.45) is 0 Å². The van der Waals surface area contributed by atoms with Crippen LogP contribution < -0.4 is 0 Å². The molecule has 21 heavy (non-hydrogen) atoms. The lowest BCUT2D eigenvalue weighted by Crippen LogP contribution is -1.95. The summed E-state index contributed by atoms with van der Waals surface area (Å²) in [5, 5.41) is 12.1. The summed E-state index contributed by atoms with van der Waals surface area (Å²) in [6.07, 6.45) is 1.30. The number of para-hydroxylation sites is 1. The minimum absolute atomic E-state index is 0.127. The number of ketones is 1. The van der Waals surface area contributed by atoms with Crippen LogP contribution in [0.15, 0.2) is 73.3 Å². The van der Waals surface area contributed by atoms with Crippen LogP contribution in [0.3, 0.4) is 0 Å². The Balaban J connectivity index is 2.37. The first-order valence-electron chi connectivity index (χ1n) is 6.68. The number of rotatable bonds is 3. The molecule has 0 unspecified atom stereocenters. The van der Waals surface area contributed by atoms with Gasteiger partial charge in [0.1, 0.15) is 5.75 Å². The first-order valence-corrected chi connectivity index (χ1v) is 6.68. The average molecular weight is 274 g/mol. The molecule has 2 heteroatoms. The Hall–Kier alpha value is -2.87. The van der Waals surface area contributed by atoms with Gasteiger partial charge in [0.2, 0.25) is 0 Å². The summed E-state index contributed by atoms with van der Waals surface area (Å²) < 4.78 is 0. The van der Waals surface area contributed by atoms with Gasteiger partial charge in [0.25, 0.3) is 0 Å². The minimum atomic E-state index is -0.127. The van der Waals surface area contributed by atoms with E-state index < -0.39 is 0 Å². The third-order valence-corrected chi connectivity index (χ3v) is 3.53. The summed E-state index contributed by atoms with van der Waals surface area (Å²) in [7, 11) is 0. The molecular formula is C19H14O2. The highest BCUT2D eigenvalue weighted by Gasteiger charge is 2.11. The fraction of sp³-hybridized carbons (Fsp3) is 0. The van der Waals surface area contributed by atoms with Crippen LogP contribution in [0.4, 0.5) is 0 Å². The minimum Gasteiger partial charge on any atom is -0.507 e. The van der Waals surface area contributed by atoms with Crippen molar-refractivity contribution in [1.29, 1.82) is 0 Å². The molecule has 1 N–H and O–H groups in total. The second-order valence-electron chi connectivity index (χ2n) is 4.83. The Morgan fingerprint density at radius 2 is 1.67 bits per heavy atom. The smallest absolute Gasteiger partial charge is 0.185 e. The quantitative estimate of drug-likeness (QED) is 0.560. The number of phenols is 1. The van der Waals surface area contributed by atoms with Crippen LogP contribution in [-0.4, -0.2) is 10.9 Å². The molecule has 3 rings (SSSR count). The fourth-order valence-electron chi connectivity index (χ4n) is 2.49. The monoisotopic (exact) mass is 274 g/mol. The van der Waals surface area contributed by atoms with Gasteiger partial charge in [0.05, 0.1) is 0 Å². The Morgan fingerprint density at radius 1 is 0.952 bits per heavy atom. The van der Waals surface area contributed by atoms with Gasteiger partial charge in [0, 0.05) is 11.1 Å². The molecule has 0 aliphatic carbocycles. The molecule has 102 valence electrons. The fourth-order valence-corrected chi connectivity index (χ4v) is 2.49. The first-order chi connectivity index (χ1) is 10.2. The summed E-state index contributed by atoms with van der Waals surface area (Å²) in [6.45, 7) is 3.54. The molecule has 3 aromatic carbocycles. The zero-order valence-corrected chi connectivity index (χ0v) is 11.4. The SMILES string of the molecule is C=CC(=O)c1cc(-c2ccccc2O)c2ccccc2c1. The molecule has 0 aromatic heterocycles. The standard InChI is InChI=1S/C19H14O2/c1-2-18(20)14-11-13-7-3-4-8-15(13)17(12-14)16-9-5-6-10-19(16)21/h2-12,21H,1H2. The number of aromatic hydroxyl groups is 1. The van der Waals surface area contributed by atoms with Crippen molar-refractivity contribution < 1.29 is 9.90 Å². The molecule has 0 bridgehead atoms. The average Bonchev–Trinajstić information content (AvgIpc) is 2.53. The first kappa shape index (κ1) is 13.1. The Bertz CT molecular complexity index is 847. The van der Waals surface area contributed by atoms with Crippen LogP contribution in [0.25, 0.3) is 21.9 Å². The largest absolute Gasteiger partial charge is 0.507 e. The van der Waals surface area contributed by atoms with Gasteiger partial charge in [-0.1, -0.05) is 49.0 Å². The van der Waals surface area contributed by atoms with Crippen molar-refractivity contribution in [2.45, 2.75) is 0 Å². The summed E-state index contributed by atoms with van der Waals surface area (Å²) in [5.74, 6) is 0.0725. The van der Waals surface area contributed by atoms with Crippen LogP contribution in [0.5, 0.6) is 5.75 Å². The maximum Gasteiger partial charge on any atom is 0.185 e. The molecule has 0 atom stereocenters. The lowest BCUT2D eigenvalue weighted by Gasteiger charge is -2.11. The number of phenolic OH excluding ortho intramolecular Hbond substituents is 1. The molecule has 0 saturated heterocycles. The summed E-state index contributed by atoms with van der Waals surface area (Å²) >= 11 is 0. The van der Waals surface area contributed by atoms with Crippen LogP contribution in [-0.2, 0) is 0 Å². The van der Waals surface area contributed by atoms with Gasteiger partial charge in [-0.05, 0) is 40.6 Å². The Kier molecular flexibility index (Phi) is 3.28. The van der Waals surface area contributed by atoms with Crippen molar-refractivity contribution in [2.75, 3.05) is 0 Å². The van der Waals surface area contributed by atoms with Crippen molar-refractivity contribution in [3.8, 4) is 16.9 Å². The predicted molar refractivity (Wildman–Crippen MR) is 85.6 cm³/mol. The van der Waals surface area contributed by atoms with Crippen molar-refractivity contribution in [3.63, 3.8) is 0 Å². The zero-order chi connectivity index (χ0) is 14.8. The van der Waals surface area contributed by atoms with E-state index in [4.69, 9.17) is 0 Å². The van der Waals surface area contributed by atoms with Crippen LogP contribution in [0.2, 0.25) is 0 Å². The second kappa shape index (κ2) is 5.25. The number of fused-ring (bicyclic) bond motifs is 1. The Morgan fingerprint density at radius 3 is 2.43 bits per heavy atom. The number of carbonyl (C=O) groups is 1. The number of hydrogen-bond donors (Lipinski definition) is 1. The number of carbonyl (C=O) groups excluding carboxylic acids is 1. The molecule has 0 heterocycles. The molecule has 0 fully saturated rings. The van der Waals surface area contributed by atoms with Gasteiger partial charge in [-0.15, -0.1) is 0 Å². The summed E-state index contributed by atoms with van der Waals surface area (Å²) in [6, 6.07) is 18.6. The summed E-state index contributed by atoms with van der Waals surface area (Å²) in [5.41, 5.74) is 2.13. The maximum atomic E-state index is 11.9. The van der Waals surface area contributed by atoms with Gasteiger partial charge >= 0.3 is 0 Å². The van der Waals surface area contributed by atoms with Gasteiger partial charge in [-0.2, -0.15) is 0 Å². The lowest BCUT2D eigenvalue weighted by atomic mass is 9.94. The van der Waals surface area contributed by atoms with Crippen LogP contribution in [0, 0.1) is 0 Å². The highest BCUT2D eigenvalue weighted by Crippen LogP contribution is 2.35. The van der Waals surface area contributed by atoms with Crippen molar-refractivity contribution in [3.05, 3.63) is 78.9 Å². The molecule has 0 aliphatic rings. The maximum absolute atomic E-state index is 11.9. The van der Waals surface area contributed by atoms with E-state index in [0.717, 1.165) is 16.3 Å². The van der Waals surface area contributed by atoms with E-state index in [2.05, 4.69) is 6.58 Å². The molecular weight excluding hydrogens is 260 g/mol. The topological polar surface area (TPSA) is 37.3 Å². The van der Waals surface area contributed by atoms with E-state index in [9.17, 15) is 9.90 Å². The Labute approximate surface area is 123 Å². The van der Waals surface area contributed by atoms with Gasteiger partial charge in [-0.25, -0.2) is 0 Å². The number of benzene rings is 3. The van der Waals surface area contributed by atoms with E-state index >= 15 is 0 Å². The normalized spacial score (nSPS) is 10.5. The molecule has 0 saturated carbocycles. The van der Waals surface area contributed by atoms with Crippen LogP contribution in [0.1, 0.15) is 10.4 Å². The van der Waals surface area contributed by atoms with Crippen molar-refractivity contribution in [1.82, 2.24) is 0 Å². The highest BCUT2D eigenvalue weighted by molar-refractivity contribution is 6.09. The predicted octanol–water partition coefficient (Wildman–Crippen LogP) is 4.58. The molecule has 0 spiro atoms. The number of allylic oxidation sites excluding steroid dienone is 1. The van der Waals surface area contributed by atoms with E-state index in [0.29, 0.717) is 11.1 Å². The molecule has 3 aromatic rings. The van der Waals surface area contributed by atoms with Gasteiger partial charge in [0.15, 0.2) is 5.78 Å². The molecule has 0 aliphatic heterocycles. The summed E-state index contributed by atoms with van der Waals surface area (Å²) in [4.78, 5) is 11.9. The molecule has 2 nitrogen and oxygen atoms in total.